The maximum absolute atomic E-state index is 4.34. The van der Waals surface area contributed by atoms with E-state index in [2.05, 4.69) is 46.5 Å². The molecule has 1 heterocycles. The van der Waals surface area contributed by atoms with Crippen molar-refractivity contribution in [3.8, 4) is 0 Å². The van der Waals surface area contributed by atoms with E-state index in [-0.39, 0.29) is 0 Å². The van der Waals surface area contributed by atoms with Gasteiger partial charge in [0.15, 0.2) is 0 Å². The van der Waals surface area contributed by atoms with Crippen LogP contribution in [-0.2, 0) is 5.75 Å². The van der Waals surface area contributed by atoms with Gasteiger partial charge in [-0.1, -0.05) is 24.3 Å². The first-order valence-electron chi connectivity index (χ1n) is 5.89. The Balaban J connectivity index is 2.14. The van der Waals surface area contributed by atoms with E-state index in [9.17, 15) is 0 Å². The van der Waals surface area contributed by atoms with Gasteiger partial charge in [0, 0.05) is 18.4 Å². The van der Waals surface area contributed by atoms with Crippen LogP contribution < -0.4 is 5.32 Å². The van der Waals surface area contributed by atoms with Crippen LogP contribution in [0.5, 0.6) is 0 Å². The number of anilines is 1. The Bertz CT molecular complexity index is 540. The molecule has 0 saturated carbocycles. The predicted octanol–water partition coefficient (Wildman–Crippen LogP) is 3.43. The summed E-state index contributed by atoms with van der Waals surface area (Å²) >= 11 is 1.75. The Morgan fingerprint density at radius 1 is 1.17 bits per heavy atom. The third kappa shape index (κ3) is 2.82. The molecule has 0 aliphatic rings. The number of nitrogens with one attached hydrogen (secondary N) is 1. The fourth-order valence-electron chi connectivity index (χ4n) is 1.75. The minimum absolute atomic E-state index is 0.900. The lowest BCUT2D eigenvalue weighted by molar-refractivity contribution is 1.00. The van der Waals surface area contributed by atoms with Crippen LogP contribution >= 0.6 is 11.8 Å². The smallest absolute Gasteiger partial charge is 0.133 e. The normalized spacial score (nSPS) is 10.4. The number of benzene rings is 1. The zero-order valence-electron chi connectivity index (χ0n) is 10.9. The topological polar surface area (TPSA) is 37.8 Å². The first-order valence-corrected chi connectivity index (χ1v) is 6.87. The van der Waals surface area contributed by atoms with Crippen molar-refractivity contribution in [1.29, 1.82) is 0 Å². The van der Waals surface area contributed by atoms with Gasteiger partial charge in [-0.15, -0.1) is 11.8 Å². The van der Waals surface area contributed by atoms with Crippen LogP contribution in [0.4, 0.5) is 5.82 Å². The van der Waals surface area contributed by atoms with Crippen molar-refractivity contribution >= 4 is 17.6 Å². The van der Waals surface area contributed by atoms with Crippen molar-refractivity contribution < 1.29 is 0 Å². The van der Waals surface area contributed by atoms with Crippen molar-refractivity contribution in [3.05, 3.63) is 47.3 Å². The van der Waals surface area contributed by atoms with Gasteiger partial charge in [0.1, 0.15) is 17.2 Å². The zero-order chi connectivity index (χ0) is 13.0. The predicted molar refractivity (Wildman–Crippen MR) is 77.1 cm³/mol. The molecule has 94 valence electrons. The van der Waals surface area contributed by atoms with E-state index in [1.807, 2.05) is 14.0 Å². The third-order valence-electron chi connectivity index (χ3n) is 2.90. The fraction of sp³-hybridized carbons (Fsp3) is 0.286. The van der Waals surface area contributed by atoms with Crippen molar-refractivity contribution in [1.82, 2.24) is 9.97 Å². The van der Waals surface area contributed by atoms with Gasteiger partial charge >= 0.3 is 0 Å². The maximum atomic E-state index is 4.34. The lowest BCUT2D eigenvalue weighted by atomic mass is 10.1. The SMILES string of the molecule is CNc1ncnc(SCc2ccccc2C)c1C. The number of hydrogen-bond acceptors (Lipinski definition) is 4. The quantitative estimate of drug-likeness (QED) is 0.674. The van der Waals surface area contributed by atoms with Gasteiger partial charge in [0.25, 0.3) is 0 Å². The maximum Gasteiger partial charge on any atom is 0.133 e. The van der Waals surface area contributed by atoms with Crippen LogP contribution in [0.2, 0.25) is 0 Å². The highest BCUT2D eigenvalue weighted by atomic mass is 32.2. The summed E-state index contributed by atoms with van der Waals surface area (Å²) in [5.41, 5.74) is 3.79. The van der Waals surface area contributed by atoms with Crippen molar-refractivity contribution in [2.24, 2.45) is 0 Å². The van der Waals surface area contributed by atoms with Crippen LogP contribution in [-0.4, -0.2) is 17.0 Å². The molecule has 0 radical (unpaired) electrons. The summed E-state index contributed by atoms with van der Waals surface area (Å²) in [6, 6.07) is 8.45. The van der Waals surface area contributed by atoms with Crippen LogP contribution in [0.3, 0.4) is 0 Å². The molecule has 0 atom stereocenters. The molecule has 0 aliphatic heterocycles. The third-order valence-corrected chi connectivity index (χ3v) is 4.04. The average Bonchev–Trinajstić information content (AvgIpc) is 2.39. The van der Waals surface area contributed by atoms with Crippen LogP contribution in [0.15, 0.2) is 35.6 Å². The highest BCUT2D eigenvalue weighted by Gasteiger charge is 2.07. The number of rotatable bonds is 4. The summed E-state index contributed by atoms with van der Waals surface area (Å²) in [5, 5.41) is 4.12. The molecule has 0 fully saturated rings. The summed E-state index contributed by atoms with van der Waals surface area (Å²) in [4.78, 5) is 8.54. The molecule has 0 unspecified atom stereocenters. The molecule has 0 aliphatic carbocycles. The second kappa shape index (κ2) is 5.87. The van der Waals surface area contributed by atoms with E-state index in [1.54, 1.807) is 18.1 Å². The van der Waals surface area contributed by atoms with Gasteiger partial charge in [-0.25, -0.2) is 9.97 Å². The Hall–Kier alpha value is -1.55. The van der Waals surface area contributed by atoms with E-state index in [0.717, 1.165) is 22.2 Å². The van der Waals surface area contributed by atoms with Gasteiger partial charge in [0.2, 0.25) is 0 Å². The molecular formula is C14H17N3S. The van der Waals surface area contributed by atoms with Gasteiger partial charge in [0.05, 0.1) is 0 Å². The first-order chi connectivity index (χ1) is 8.72. The van der Waals surface area contributed by atoms with Crippen molar-refractivity contribution in [2.75, 3.05) is 12.4 Å². The lowest BCUT2D eigenvalue weighted by Crippen LogP contribution is -1.98. The zero-order valence-corrected chi connectivity index (χ0v) is 11.7. The van der Waals surface area contributed by atoms with E-state index < -0.39 is 0 Å². The van der Waals surface area contributed by atoms with Gasteiger partial charge in [-0.05, 0) is 25.0 Å². The molecule has 2 rings (SSSR count). The number of thioether (sulfide) groups is 1. The number of hydrogen-bond donors (Lipinski definition) is 1. The fourth-order valence-corrected chi connectivity index (χ4v) is 2.80. The Kier molecular flexibility index (Phi) is 4.20. The summed E-state index contributed by atoms with van der Waals surface area (Å²) in [5.74, 6) is 1.84. The lowest BCUT2D eigenvalue weighted by Gasteiger charge is -2.09. The Morgan fingerprint density at radius 2 is 1.94 bits per heavy atom. The first kappa shape index (κ1) is 12.9. The summed E-state index contributed by atoms with van der Waals surface area (Å²) in [6.45, 7) is 4.19. The highest BCUT2D eigenvalue weighted by molar-refractivity contribution is 7.98. The van der Waals surface area contributed by atoms with Crippen molar-refractivity contribution in [2.45, 2.75) is 24.6 Å². The average molecular weight is 259 g/mol. The highest BCUT2D eigenvalue weighted by Crippen LogP contribution is 2.27. The second-order valence-corrected chi connectivity index (χ2v) is 5.08. The number of aryl methyl sites for hydroxylation is 1. The molecule has 4 heteroatoms. The van der Waals surface area contributed by atoms with Gasteiger partial charge in [-0.2, -0.15) is 0 Å². The van der Waals surface area contributed by atoms with Crippen LogP contribution in [0, 0.1) is 13.8 Å². The molecule has 0 amide bonds. The number of nitrogens with zero attached hydrogens (tertiary/aromatic N) is 2. The molecule has 18 heavy (non-hydrogen) atoms. The molecular weight excluding hydrogens is 242 g/mol. The standard InChI is InChI=1S/C14H17N3S/c1-10-6-4-5-7-12(10)8-18-14-11(2)13(15-3)16-9-17-14/h4-7,9H,8H2,1-3H3,(H,15,16,17). The van der Waals surface area contributed by atoms with Gasteiger partial charge < -0.3 is 5.32 Å². The van der Waals surface area contributed by atoms with Crippen LogP contribution in [0.1, 0.15) is 16.7 Å². The van der Waals surface area contributed by atoms with Crippen LogP contribution in [0.25, 0.3) is 0 Å². The van der Waals surface area contributed by atoms with E-state index in [0.29, 0.717) is 0 Å². The van der Waals surface area contributed by atoms with E-state index in [4.69, 9.17) is 0 Å². The molecule has 1 N–H and O–H groups in total. The molecule has 0 spiro atoms. The van der Waals surface area contributed by atoms with E-state index in [1.165, 1.54) is 11.1 Å². The molecule has 0 bridgehead atoms. The molecule has 2 aromatic rings. The molecule has 3 nitrogen and oxygen atoms in total. The monoisotopic (exact) mass is 259 g/mol. The van der Waals surface area contributed by atoms with Gasteiger partial charge in [-0.3, -0.25) is 0 Å². The summed E-state index contributed by atoms with van der Waals surface area (Å²) in [6.07, 6.45) is 1.61. The van der Waals surface area contributed by atoms with E-state index >= 15 is 0 Å². The molecule has 1 aromatic heterocycles. The molecule has 1 aromatic carbocycles. The van der Waals surface area contributed by atoms with Crippen molar-refractivity contribution in [3.63, 3.8) is 0 Å². The Labute approximate surface area is 112 Å². The minimum Gasteiger partial charge on any atom is -0.373 e. The number of aromatic nitrogens is 2. The summed E-state index contributed by atoms with van der Waals surface area (Å²) in [7, 11) is 1.88. The summed E-state index contributed by atoms with van der Waals surface area (Å²) < 4.78 is 0. The largest absolute Gasteiger partial charge is 0.373 e. The Morgan fingerprint density at radius 3 is 2.67 bits per heavy atom. The molecule has 0 saturated heterocycles. The second-order valence-electron chi connectivity index (χ2n) is 4.12. The minimum atomic E-state index is 0.900.